The fourth-order valence-electron chi connectivity index (χ4n) is 1.99. The smallest absolute Gasteiger partial charge is 0.292 e. The molecule has 3 rings (SSSR count). The van der Waals surface area contributed by atoms with E-state index in [1.165, 1.54) is 0 Å². The minimum atomic E-state index is -0.319. The molecule has 2 N–H and O–H groups in total. The molecule has 110 valence electrons. The van der Waals surface area contributed by atoms with Gasteiger partial charge in [-0.15, -0.1) is 5.11 Å². The molecule has 0 saturated carbocycles. The van der Waals surface area contributed by atoms with Crippen LogP contribution in [-0.2, 0) is 0 Å². The molecule has 0 saturated heterocycles. The highest BCUT2D eigenvalue weighted by molar-refractivity contribution is 6.30. The van der Waals surface area contributed by atoms with E-state index < -0.39 is 0 Å². The fraction of sp³-hybridized carbons (Fsp3) is 0.0625. The molecule has 0 atom stereocenters. The molecule has 2 aromatic carbocycles. The molecule has 6 heteroatoms. The van der Waals surface area contributed by atoms with Crippen molar-refractivity contribution < 1.29 is 0 Å². The van der Waals surface area contributed by atoms with Crippen LogP contribution in [0.1, 0.15) is 5.56 Å². The summed E-state index contributed by atoms with van der Waals surface area (Å²) in [4.78, 5) is 11.9. The van der Waals surface area contributed by atoms with Crippen LogP contribution in [0.5, 0.6) is 0 Å². The van der Waals surface area contributed by atoms with Gasteiger partial charge in [-0.05, 0) is 31.2 Å². The number of azo groups is 1. The maximum Gasteiger partial charge on any atom is 0.292 e. The molecule has 0 bridgehead atoms. The van der Waals surface area contributed by atoms with Crippen LogP contribution < -0.4 is 5.56 Å². The number of nitrogens with zero attached hydrogens (tertiary/aromatic N) is 2. The number of hydrogen-bond acceptors (Lipinski definition) is 3. The van der Waals surface area contributed by atoms with Crippen LogP contribution in [0.2, 0.25) is 5.02 Å². The third-order valence-corrected chi connectivity index (χ3v) is 3.44. The Morgan fingerprint density at radius 2 is 1.59 bits per heavy atom. The van der Waals surface area contributed by atoms with E-state index in [4.69, 9.17) is 11.6 Å². The number of nitrogens with one attached hydrogen (secondary N) is 2. The molecule has 0 spiro atoms. The Morgan fingerprint density at radius 3 is 2.27 bits per heavy atom. The van der Waals surface area contributed by atoms with E-state index in [1.807, 2.05) is 43.3 Å². The van der Waals surface area contributed by atoms with Gasteiger partial charge in [0.25, 0.3) is 5.56 Å². The Morgan fingerprint density at radius 1 is 0.909 bits per heavy atom. The van der Waals surface area contributed by atoms with Gasteiger partial charge in [0, 0.05) is 10.6 Å². The van der Waals surface area contributed by atoms with Crippen LogP contribution in [0, 0.1) is 6.92 Å². The lowest BCUT2D eigenvalue weighted by molar-refractivity contribution is 1.06. The molecule has 0 unspecified atom stereocenters. The number of halogens is 1. The van der Waals surface area contributed by atoms with E-state index in [2.05, 4.69) is 20.4 Å². The highest BCUT2D eigenvalue weighted by atomic mass is 35.5. The minimum Gasteiger partial charge on any atom is -0.295 e. The lowest BCUT2D eigenvalue weighted by Crippen LogP contribution is -1.96. The van der Waals surface area contributed by atoms with E-state index in [-0.39, 0.29) is 11.2 Å². The summed E-state index contributed by atoms with van der Waals surface area (Å²) in [5.74, 6) is 0. The van der Waals surface area contributed by atoms with E-state index in [9.17, 15) is 4.79 Å². The van der Waals surface area contributed by atoms with Crippen molar-refractivity contribution in [1.29, 1.82) is 0 Å². The summed E-state index contributed by atoms with van der Waals surface area (Å²) < 4.78 is 0. The van der Waals surface area contributed by atoms with Gasteiger partial charge in [-0.2, -0.15) is 5.11 Å². The first-order valence-electron chi connectivity index (χ1n) is 6.68. The number of rotatable bonds is 3. The number of aromatic amines is 2. The average molecular weight is 313 g/mol. The predicted octanol–water partition coefficient (Wildman–Crippen LogP) is 4.75. The van der Waals surface area contributed by atoms with Crippen molar-refractivity contribution in [2.24, 2.45) is 10.2 Å². The van der Waals surface area contributed by atoms with Crippen LogP contribution in [-0.4, -0.2) is 10.2 Å². The van der Waals surface area contributed by atoms with Crippen molar-refractivity contribution in [1.82, 2.24) is 10.2 Å². The fourth-order valence-corrected chi connectivity index (χ4v) is 2.12. The highest BCUT2D eigenvalue weighted by Gasteiger charge is 2.11. The van der Waals surface area contributed by atoms with E-state index in [0.29, 0.717) is 16.4 Å². The topological polar surface area (TPSA) is 73.4 Å². The van der Waals surface area contributed by atoms with E-state index in [0.717, 1.165) is 11.1 Å². The summed E-state index contributed by atoms with van der Waals surface area (Å²) in [6.45, 7) is 2.00. The van der Waals surface area contributed by atoms with Gasteiger partial charge in [-0.1, -0.05) is 41.4 Å². The Bertz CT molecular complexity index is 860. The normalized spacial score (nSPS) is 11.2. The Labute approximate surface area is 131 Å². The SMILES string of the molecule is Cc1ccc(N=Nc2c(-c3ccc(Cl)cc3)[nH][nH]c2=O)cc1. The quantitative estimate of drug-likeness (QED) is 0.673. The van der Waals surface area contributed by atoms with E-state index >= 15 is 0 Å². The van der Waals surface area contributed by atoms with Crippen molar-refractivity contribution in [3.63, 3.8) is 0 Å². The molecular formula is C16H13ClN4O. The highest BCUT2D eigenvalue weighted by Crippen LogP contribution is 2.27. The zero-order chi connectivity index (χ0) is 15.5. The average Bonchev–Trinajstić information content (AvgIpc) is 2.89. The van der Waals surface area contributed by atoms with Gasteiger partial charge < -0.3 is 0 Å². The predicted molar refractivity (Wildman–Crippen MR) is 87.2 cm³/mol. The lowest BCUT2D eigenvalue weighted by Gasteiger charge is -1.99. The molecular weight excluding hydrogens is 300 g/mol. The molecule has 0 amide bonds. The van der Waals surface area contributed by atoms with Crippen molar-refractivity contribution in [2.45, 2.75) is 6.92 Å². The van der Waals surface area contributed by atoms with Crippen LogP contribution in [0.4, 0.5) is 11.4 Å². The lowest BCUT2D eigenvalue weighted by atomic mass is 10.1. The maximum atomic E-state index is 11.9. The second-order valence-electron chi connectivity index (χ2n) is 4.85. The van der Waals surface area contributed by atoms with Crippen LogP contribution >= 0.6 is 11.6 Å². The molecule has 5 nitrogen and oxygen atoms in total. The third-order valence-electron chi connectivity index (χ3n) is 3.19. The van der Waals surface area contributed by atoms with Crippen LogP contribution in [0.3, 0.4) is 0 Å². The summed E-state index contributed by atoms with van der Waals surface area (Å²) in [7, 11) is 0. The van der Waals surface area contributed by atoms with Gasteiger partial charge in [-0.3, -0.25) is 15.0 Å². The molecule has 3 aromatic rings. The standard InChI is InChI=1S/C16H13ClN4O/c1-10-2-8-13(9-3-10)18-20-15-14(19-21-16(15)22)11-4-6-12(17)7-5-11/h2-9H,1H3,(H2,19,21,22). The number of H-pyrrole nitrogens is 2. The Balaban J connectivity index is 1.97. The molecule has 0 aliphatic carbocycles. The van der Waals surface area contributed by atoms with Gasteiger partial charge in [0.2, 0.25) is 0 Å². The van der Waals surface area contributed by atoms with Crippen LogP contribution in [0.15, 0.2) is 63.6 Å². The van der Waals surface area contributed by atoms with Crippen molar-refractivity contribution >= 4 is 23.0 Å². The summed E-state index contributed by atoms with van der Waals surface area (Å²) in [5, 5.41) is 14.2. The number of aryl methyl sites for hydroxylation is 1. The molecule has 0 aliphatic heterocycles. The van der Waals surface area contributed by atoms with Gasteiger partial charge in [0.15, 0.2) is 5.69 Å². The molecule has 1 aromatic heterocycles. The van der Waals surface area contributed by atoms with Gasteiger partial charge >= 0.3 is 0 Å². The monoisotopic (exact) mass is 312 g/mol. The zero-order valence-corrected chi connectivity index (χ0v) is 12.6. The molecule has 22 heavy (non-hydrogen) atoms. The van der Waals surface area contributed by atoms with E-state index in [1.54, 1.807) is 12.1 Å². The first kappa shape index (κ1) is 14.3. The molecule has 1 heterocycles. The summed E-state index contributed by atoms with van der Waals surface area (Å²) >= 11 is 5.88. The summed E-state index contributed by atoms with van der Waals surface area (Å²) in [6.07, 6.45) is 0. The van der Waals surface area contributed by atoms with Gasteiger partial charge in [0.05, 0.1) is 11.4 Å². The Hall–Kier alpha value is -2.66. The number of benzene rings is 2. The maximum absolute atomic E-state index is 11.9. The second-order valence-corrected chi connectivity index (χ2v) is 5.28. The molecule has 0 aliphatic rings. The summed E-state index contributed by atoms with van der Waals surface area (Å²) in [6, 6.07) is 14.7. The minimum absolute atomic E-state index is 0.239. The first-order valence-corrected chi connectivity index (χ1v) is 7.06. The van der Waals surface area contributed by atoms with Crippen molar-refractivity contribution in [3.05, 3.63) is 69.5 Å². The van der Waals surface area contributed by atoms with Gasteiger partial charge in [-0.25, -0.2) is 0 Å². The first-order chi connectivity index (χ1) is 10.6. The number of hydrogen-bond donors (Lipinski definition) is 2. The second kappa shape index (κ2) is 5.99. The third kappa shape index (κ3) is 2.99. The number of aromatic nitrogens is 2. The summed E-state index contributed by atoms with van der Waals surface area (Å²) in [5.41, 5.74) is 3.13. The largest absolute Gasteiger partial charge is 0.295 e. The zero-order valence-electron chi connectivity index (χ0n) is 11.8. The van der Waals surface area contributed by atoms with Gasteiger partial charge in [0.1, 0.15) is 0 Å². The van der Waals surface area contributed by atoms with Crippen molar-refractivity contribution in [2.75, 3.05) is 0 Å². The van der Waals surface area contributed by atoms with Crippen LogP contribution in [0.25, 0.3) is 11.3 Å². The Kier molecular flexibility index (Phi) is 3.89. The molecule has 0 fully saturated rings. The molecule has 0 radical (unpaired) electrons. The van der Waals surface area contributed by atoms with Crippen molar-refractivity contribution in [3.8, 4) is 11.3 Å².